The third kappa shape index (κ3) is 3.01. The van der Waals surface area contributed by atoms with Gasteiger partial charge in [0.25, 0.3) is 0 Å². The Morgan fingerprint density at radius 2 is 1.79 bits per heavy atom. The van der Waals surface area contributed by atoms with Crippen LogP contribution in [0.3, 0.4) is 0 Å². The molecular formula is C17H26O2. The van der Waals surface area contributed by atoms with E-state index in [0.717, 1.165) is 32.7 Å². The molecule has 0 amide bonds. The minimum atomic E-state index is -0.156. The lowest BCUT2D eigenvalue weighted by Crippen LogP contribution is -2.38. The Morgan fingerprint density at radius 3 is 2.37 bits per heavy atom. The molecule has 0 N–H and O–H groups in total. The second kappa shape index (κ2) is 5.64. The summed E-state index contributed by atoms with van der Waals surface area (Å²) in [4.78, 5) is 0. The number of hydrogen-bond donors (Lipinski definition) is 0. The summed E-state index contributed by atoms with van der Waals surface area (Å²) in [6.07, 6.45) is 1.90. The van der Waals surface area contributed by atoms with Crippen LogP contribution in [0.4, 0.5) is 0 Å². The molecule has 19 heavy (non-hydrogen) atoms. The summed E-state index contributed by atoms with van der Waals surface area (Å²) in [5.41, 5.74) is 2.73. The van der Waals surface area contributed by atoms with E-state index >= 15 is 0 Å². The molecule has 106 valence electrons. The molecular weight excluding hydrogens is 236 g/mol. The topological polar surface area (TPSA) is 18.5 Å². The summed E-state index contributed by atoms with van der Waals surface area (Å²) < 4.78 is 11.8. The SMILES string of the molecule is CCOC1(c2ccccc2C(C)(C)C)CCOCC1. The monoisotopic (exact) mass is 262 g/mol. The Balaban J connectivity index is 2.47. The molecule has 1 aliphatic rings. The Labute approximate surface area is 117 Å². The van der Waals surface area contributed by atoms with E-state index in [9.17, 15) is 0 Å². The van der Waals surface area contributed by atoms with Crippen LogP contribution < -0.4 is 0 Å². The Morgan fingerprint density at radius 1 is 1.16 bits per heavy atom. The van der Waals surface area contributed by atoms with Gasteiger partial charge in [-0.1, -0.05) is 45.0 Å². The minimum absolute atomic E-state index is 0.138. The van der Waals surface area contributed by atoms with Gasteiger partial charge in [-0.3, -0.25) is 0 Å². The highest BCUT2D eigenvalue weighted by molar-refractivity contribution is 5.37. The molecule has 1 aromatic carbocycles. The molecule has 1 heterocycles. The van der Waals surface area contributed by atoms with Gasteiger partial charge >= 0.3 is 0 Å². The zero-order valence-corrected chi connectivity index (χ0v) is 12.7. The van der Waals surface area contributed by atoms with Crippen molar-refractivity contribution in [1.82, 2.24) is 0 Å². The van der Waals surface area contributed by atoms with Crippen LogP contribution >= 0.6 is 0 Å². The number of rotatable bonds is 3. The maximum absolute atomic E-state index is 6.21. The van der Waals surface area contributed by atoms with Gasteiger partial charge in [0, 0.05) is 32.7 Å². The smallest absolute Gasteiger partial charge is 0.0977 e. The van der Waals surface area contributed by atoms with Gasteiger partial charge in [0.05, 0.1) is 5.60 Å². The first-order valence-corrected chi connectivity index (χ1v) is 7.31. The van der Waals surface area contributed by atoms with E-state index in [2.05, 4.69) is 52.0 Å². The van der Waals surface area contributed by atoms with Gasteiger partial charge in [0.2, 0.25) is 0 Å². The average Bonchev–Trinajstić information content (AvgIpc) is 2.39. The standard InChI is InChI=1S/C17H26O2/c1-5-19-17(10-12-18-13-11-17)15-9-7-6-8-14(15)16(2,3)4/h6-9H,5,10-13H2,1-4H3. The first-order chi connectivity index (χ1) is 8.99. The summed E-state index contributed by atoms with van der Waals surface area (Å²) in [6.45, 7) is 11.2. The molecule has 0 saturated carbocycles. The maximum Gasteiger partial charge on any atom is 0.0977 e. The highest BCUT2D eigenvalue weighted by atomic mass is 16.5. The van der Waals surface area contributed by atoms with Crippen molar-refractivity contribution in [3.05, 3.63) is 35.4 Å². The molecule has 1 fully saturated rings. The van der Waals surface area contributed by atoms with Crippen LogP contribution in [0.1, 0.15) is 51.7 Å². The van der Waals surface area contributed by atoms with Crippen molar-refractivity contribution in [3.63, 3.8) is 0 Å². The predicted molar refractivity (Wildman–Crippen MR) is 78.5 cm³/mol. The third-order valence-corrected chi connectivity index (χ3v) is 3.95. The molecule has 0 spiro atoms. The van der Waals surface area contributed by atoms with Crippen LogP contribution in [0.2, 0.25) is 0 Å². The maximum atomic E-state index is 6.21. The van der Waals surface area contributed by atoms with Crippen LogP contribution in [0.25, 0.3) is 0 Å². The molecule has 0 radical (unpaired) electrons. The van der Waals surface area contributed by atoms with E-state index in [-0.39, 0.29) is 11.0 Å². The van der Waals surface area contributed by atoms with Crippen LogP contribution in [0.5, 0.6) is 0 Å². The Hall–Kier alpha value is -0.860. The van der Waals surface area contributed by atoms with Crippen molar-refractivity contribution in [1.29, 1.82) is 0 Å². The van der Waals surface area contributed by atoms with Crippen molar-refractivity contribution in [2.75, 3.05) is 19.8 Å². The highest BCUT2D eigenvalue weighted by Gasteiger charge is 2.38. The first-order valence-electron chi connectivity index (χ1n) is 7.31. The lowest BCUT2D eigenvalue weighted by molar-refractivity contribution is -0.113. The molecule has 0 aromatic heterocycles. The molecule has 2 rings (SSSR count). The van der Waals surface area contributed by atoms with E-state index in [0.29, 0.717) is 0 Å². The fourth-order valence-electron chi connectivity index (χ4n) is 3.00. The zero-order chi connectivity index (χ0) is 13.9. The molecule has 0 aliphatic carbocycles. The molecule has 0 atom stereocenters. The molecule has 1 aromatic rings. The van der Waals surface area contributed by atoms with Crippen molar-refractivity contribution in [2.45, 2.75) is 51.6 Å². The first kappa shape index (κ1) is 14.5. The molecule has 2 nitrogen and oxygen atoms in total. The van der Waals surface area contributed by atoms with E-state index < -0.39 is 0 Å². The zero-order valence-electron chi connectivity index (χ0n) is 12.7. The molecule has 1 aliphatic heterocycles. The quantitative estimate of drug-likeness (QED) is 0.819. The minimum Gasteiger partial charge on any atom is -0.381 e. The lowest BCUT2D eigenvalue weighted by Gasteiger charge is -2.40. The van der Waals surface area contributed by atoms with Crippen LogP contribution in [-0.4, -0.2) is 19.8 Å². The average molecular weight is 262 g/mol. The number of benzene rings is 1. The number of ether oxygens (including phenoxy) is 2. The van der Waals surface area contributed by atoms with Gasteiger partial charge in [-0.2, -0.15) is 0 Å². The van der Waals surface area contributed by atoms with Gasteiger partial charge in [0.15, 0.2) is 0 Å². The van der Waals surface area contributed by atoms with Gasteiger partial charge in [-0.05, 0) is 23.5 Å². The second-order valence-corrected chi connectivity index (χ2v) is 6.34. The fourth-order valence-corrected chi connectivity index (χ4v) is 3.00. The largest absolute Gasteiger partial charge is 0.381 e. The number of hydrogen-bond acceptors (Lipinski definition) is 2. The van der Waals surface area contributed by atoms with Crippen LogP contribution in [0, 0.1) is 0 Å². The van der Waals surface area contributed by atoms with Crippen molar-refractivity contribution >= 4 is 0 Å². The van der Waals surface area contributed by atoms with E-state index in [1.54, 1.807) is 0 Å². The highest BCUT2D eigenvalue weighted by Crippen LogP contribution is 2.41. The van der Waals surface area contributed by atoms with Crippen molar-refractivity contribution < 1.29 is 9.47 Å². The summed E-state index contributed by atoms with van der Waals surface area (Å²) in [5, 5.41) is 0. The molecule has 0 unspecified atom stereocenters. The molecule has 1 saturated heterocycles. The summed E-state index contributed by atoms with van der Waals surface area (Å²) in [6, 6.07) is 8.73. The fraction of sp³-hybridized carbons (Fsp3) is 0.647. The Kier molecular flexibility index (Phi) is 4.32. The van der Waals surface area contributed by atoms with Gasteiger partial charge < -0.3 is 9.47 Å². The summed E-state index contributed by atoms with van der Waals surface area (Å²) >= 11 is 0. The Bertz CT molecular complexity index is 406. The van der Waals surface area contributed by atoms with E-state index in [1.165, 1.54) is 11.1 Å². The van der Waals surface area contributed by atoms with Crippen molar-refractivity contribution in [2.24, 2.45) is 0 Å². The summed E-state index contributed by atoms with van der Waals surface area (Å²) in [5.74, 6) is 0. The molecule has 2 heteroatoms. The second-order valence-electron chi connectivity index (χ2n) is 6.34. The summed E-state index contributed by atoms with van der Waals surface area (Å²) in [7, 11) is 0. The van der Waals surface area contributed by atoms with E-state index in [4.69, 9.17) is 9.47 Å². The van der Waals surface area contributed by atoms with E-state index in [1.807, 2.05) is 0 Å². The van der Waals surface area contributed by atoms with Crippen LogP contribution in [-0.2, 0) is 20.5 Å². The molecule has 0 bridgehead atoms. The lowest BCUT2D eigenvalue weighted by atomic mass is 9.75. The predicted octanol–water partition coefficient (Wildman–Crippen LogP) is 4.03. The van der Waals surface area contributed by atoms with Gasteiger partial charge in [0.1, 0.15) is 0 Å². The van der Waals surface area contributed by atoms with Gasteiger partial charge in [-0.25, -0.2) is 0 Å². The van der Waals surface area contributed by atoms with Crippen molar-refractivity contribution in [3.8, 4) is 0 Å². The third-order valence-electron chi connectivity index (χ3n) is 3.95. The van der Waals surface area contributed by atoms with Gasteiger partial charge in [-0.15, -0.1) is 0 Å². The normalized spacial score (nSPS) is 19.4. The van der Waals surface area contributed by atoms with Crippen LogP contribution in [0.15, 0.2) is 24.3 Å².